The second-order valence-corrected chi connectivity index (χ2v) is 7.81. The van der Waals surface area contributed by atoms with Crippen LogP contribution in [0.15, 0.2) is 48.5 Å². The third-order valence-corrected chi connectivity index (χ3v) is 5.39. The highest BCUT2D eigenvalue weighted by molar-refractivity contribution is 5.89. The number of nitro groups is 1. The molecule has 7 nitrogen and oxygen atoms in total. The molecular weight excluding hydrogens is 394 g/mol. The Morgan fingerprint density at radius 2 is 1.71 bits per heavy atom. The number of amides is 2. The number of carbonyl (C=O) groups is 2. The highest BCUT2D eigenvalue weighted by Crippen LogP contribution is 2.21. The summed E-state index contributed by atoms with van der Waals surface area (Å²) in [4.78, 5) is 38.7. The van der Waals surface area contributed by atoms with Crippen LogP contribution >= 0.6 is 0 Å². The summed E-state index contributed by atoms with van der Waals surface area (Å²) in [6, 6.07) is 13.3. The van der Waals surface area contributed by atoms with Crippen LogP contribution < -0.4 is 5.32 Å². The number of hydrogen-bond acceptors (Lipinski definition) is 4. The molecule has 0 spiro atoms. The monoisotopic (exact) mass is 425 g/mol. The topological polar surface area (TPSA) is 92.6 Å². The van der Waals surface area contributed by atoms with E-state index in [1.165, 1.54) is 6.07 Å². The van der Waals surface area contributed by atoms with E-state index >= 15 is 0 Å². The van der Waals surface area contributed by atoms with Crippen molar-refractivity contribution in [2.45, 2.75) is 65.6 Å². The molecule has 0 aromatic heterocycles. The molecule has 31 heavy (non-hydrogen) atoms. The average molecular weight is 426 g/mol. The number of hydrogen-bond donors (Lipinski definition) is 1. The standard InChI is InChI=1S/C24H31N3O4/c1-5-18(4)25-24(29)21(6-2)26(16-19-13-11-17(3)12-14-19)23(28)15-20-9-7-8-10-22(20)27(30)31/h7-14,18,21H,5-6,15-16H2,1-4H3,(H,25,29)/t18-,21+/m0/s1. The van der Waals surface area contributed by atoms with Crippen molar-refractivity contribution in [1.29, 1.82) is 0 Å². The molecule has 0 aliphatic rings. The first-order valence-electron chi connectivity index (χ1n) is 10.6. The van der Waals surface area contributed by atoms with E-state index in [0.29, 0.717) is 12.0 Å². The number of benzene rings is 2. The number of carbonyl (C=O) groups excluding carboxylic acids is 2. The Morgan fingerprint density at radius 3 is 2.29 bits per heavy atom. The summed E-state index contributed by atoms with van der Waals surface area (Å²) in [6.45, 7) is 8.00. The van der Waals surface area contributed by atoms with Crippen LogP contribution in [0.1, 0.15) is 50.3 Å². The predicted molar refractivity (Wildman–Crippen MR) is 121 cm³/mol. The van der Waals surface area contributed by atoms with E-state index in [4.69, 9.17) is 0 Å². The second-order valence-electron chi connectivity index (χ2n) is 7.81. The molecule has 2 amide bonds. The quantitative estimate of drug-likeness (QED) is 0.457. The molecular formula is C24H31N3O4. The Bertz CT molecular complexity index is 911. The lowest BCUT2D eigenvalue weighted by Crippen LogP contribution is -2.51. The van der Waals surface area contributed by atoms with Crippen molar-refractivity contribution in [2.24, 2.45) is 0 Å². The van der Waals surface area contributed by atoms with Gasteiger partial charge in [-0.2, -0.15) is 0 Å². The van der Waals surface area contributed by atoms with Crippen molar-refractivity contribution in [3.8, 4) is 0 Å². The first kappa shape index (κ1) is 24.1. The fraction of sp³-hybridized carbons (Fsp3) is 0.417. The van der Waals surface area contributed by atoms with E-state index in [1.807, 2.05) is 52.0 Å². The minimum Gasteiger partial charge on any atom is -0.352 e. The molecule has 0 heterocycles. The molecule has 2 atom stereocenters. The maximum absolute atomic E-state index is 13.3. The third-order valence-electron chi connectivity index (χ3n) is 5.39. The fourth-order valence-electron chi connectivity index (χ4n) is 3.35. The minimum atomic E-state index is -0.662. The smallest absolute Gasteiger partial charge is 0.273 e. The van der Waals surface area contributed by atoms with Gasteiger partial charge in [-0.15, -0.1) is 0 Å². The summed E-state index contributed by atoms with van der Waals surface area (Å²) in [5.41, 5.74) is 2.24. The summed E-state index contributed by atoms with van der Waals surface area (Å²) in [5.74, 6) is -0.527. The summed E-state index contributed by atoms with van der Waals surface area (Å²) in [6.07, 6.45) is 1.08. The number of aryl methyl sites for hydroxylation is 1. The Hall–Kier alpha value is -3.22. The summed E-state index contributed by atoms with van der Waals surface area (Å²) >= 11 is 0. The van der Waals surface area contributed by atoms with Crippen LogP contribution in [-0.2, 0) is 22.6 Å². The van der Waals surface area contributed by atoms with Gasteiger partial charge in [-0.05, 0) is 32.3 Å². The van der Waals surface area contributed by atoms with Gasteiger partial charge in [0.1, 0.15) is 6.04 Å². The Balaban J connectivity index is 2.35. The van der Waals surface area contributed by atoms with Crippen LogP contribution in [0.3, 0.4) is 0 Å². The van der Waals surface area contributed by atoms with Crippen molar-refractivity contribution >= 4 is 17.5 Å². The Kier molecular flexibility index (Phi) is 8.73. The SMILES string of the molecule is CC[C@H](C(=O)N[C@@H](C)CC)N(Cc1ccc(C)cc1)C(=O)Cc1ccccc1[N+](=O)[O-]. The van der Waals surface area contributed by atoms with Crippen molar-refractivity contribution in [2.75, 3.05) is 0 Å². The molecule has 2 rings (SSSR count). The van der Waals surface area contributed by atoms with Crippen LogP contribution in [0.2, 0.25) is 0 Å². The van der Waals surface area contributed by atoms with Crippen LogP contribution in [0.4, 0.5) is 5.69 Å². The van der Waals surface area contributed by atoms with E-state index in [9.17, 15) is 19.7 Å². The van der Waals surface area contributed by atoms with Gasteiger partial charge in [-0.25, -0.2) is 0 Å². The molecule has 0 aliphatic heterocycles. The van der Waals surface area contributed by atoms with Gasteiger partial charge in [0.15, 0.2) is 0 Å². The van der Waals surface area contributed by atoms with Gasteiger partial charge in [0.25, 0.3) is 5.69 Å². The molecule has 2 aromatic rings. The number of rotatable bonds is 10. The maximum atomic E-state index is 13.3. The number of para-hydroxylation sites is 1. The first-order valence-corrected chi connectivity index (χ1v) is 10.6. The van der Waals surface area contributed by atoms with Crippen LogP contribution in [-0.4, -0.2) is 33.7 Å². The molecule has 7 heteroatoms. The van der Waals surface area contributed by atoms with Crippen LogP contribution in [0.5, 0.6) is 0 Å². The fourth-order valence-corrected chi connectivity index (χ4v) is 3.35. The molecule has 0 fully saturated rings. The molecule has 0 saturated carbocycles. The molecule has 0 unspecified atom stereocenters. The lowest BCUT2D eigenvalue weighted by atomic mass is 10.0. The van der Waals surface area contributed by atoms with Gasteiger partial charge in [0, 0.05) is 24.2 Å². The zero-order chi connectivity index (χ0) is 23.0. The molecule has 1 N–H and O–H groups in total. The normalized spacial score (nSPS) is 12.6. The van der Waals surface area contributed by atoms with E-state index in [2.05, 4.69) is 5.32 Å². The summed E-state index contributed by atoms with van der Waals surface area (Å²) in [7, 11) is 0. The second kappa shape index (κ2) is 11.2. The van der Waals surface area contributed by atoms with Crippen molar-refractivity contribution in [3.63, 3.8) is 0 Å². The molecule has 0 saturated heterocycles. The summed E-state index contributed by atoms with van der Waals surface area (Å²) in [5, 5.41) is 14.3. The van der Waals surface area contributed by atoms with E-state index in [1.54, 1.807) is 23.1 Å². The molecule has 0 radical (unpaired) electrons. The van der Waals surface area contributed by atoms with Crippen molar-refractivity contribution < 1.29 is 14.5 Å². The molecule has 0 aliphatic carbocycles. The Morgan fingerprint density at radius 1 is 1.06 bits per heavy atom. The summed E-state index contributed by atoms with van der Waals surface area (Å²) < 4.78 is 0. The third kappa shape index (κ3) is 6.64. The van der Waals surface area contributed by atoms with Gasteiger partial charge < -0.3 is 10.2 Å². The van der Waals surface area contributed by atoms with Gasteiger partial charge in [-0.3, -0.25) is 19.7 Å². The van der Waals surface area contributed by atoms with Crippen molar-refractivity contribution in [1.82, 2.24) is 10.2 Å². The lowest BCUT2D eigenvalue weighted by molar-refractivity contribution is -0.385. The highest BCUT2D eigenvalue weighted by Gasteiger charge is 2.30. The number of nitro benzene ring substituents is 1. The van der Waals surface area contributed by atoms with Crippen LogP contribution in [0, 0.1) is 17.0 Å². The minimum absolute atomic E-state index is 0.00640. The van der Waals surface area contributed by atoms with Gasteiger partial charge in [-0.1, -0.05) is 61.9 Å². The van der Waals surface area contributed by atoms with Crippen LogP contribution in [0.25, 0.3) is 0 Å². The van der Waals surface area contributed by atoms with Gasteiger partial charge >= 0.3 is 0 Å². The van der Waals surface area contributed by atoms with E-state index < -0.39 is 11.0 Å². The highest BCUT2D eigenvalue weighted by atomic mass is 16.6. The molecule has 166 valence electrons. The molecule has 0 bridgehead atoms. The average Bonchev–Trinajstić information content (AvgIpc) is 2.75. The number of nitrogens with one attached hydrogen (secondary N) is 1. The van der Waals surface area contributed by atoms with Crippen molar-refractivity contribution in [3.05, 3.63) is 75.3 Å². The van der Waals surface area contributed by atoms with E-state index in [0.717, 1.165) is 17.5 Å². The first-order chi connectivity index (χ1) is 14.8. The number of nitrogens with zero attached hydrogens (tertiary/aromatic N) is 2. The lowest BCUT2D eigenvalue weighted by Gasteiger charge is -2.31. The Labute approximate surface area is 183 Å². The maximum Gasteiger partial charge on any atom is 0.273 e. The largest absolute Gasteiger partial charge is 0.352 e. The predicted octanol–water partition coefficient (Wildman–Crippen LogP) is 4.17. The van der Waals surface area contributed by atoms with Gasteiger partial charge in [0.05, 0.1) is 11.3 Å². The zero-order valence-corrected chi connectivity index (χ0v) is 18.6. The van der Waals surface area contributed by atoms with E-state index in [-0.39, 0.29) is 36.5 Å². The van der Waals surface area contributed by atoms with Gasteiger partial charge in [0.2, 0.25) is 11.8 Å². The molecule has 2 aromatic carbocycles. The zero-order valence-electron chi connectivity index (χ0n) is 18.6.